The largest absolute Gasteiger partial charge is 0.481 e. The van der Waals surface area contributed by atoms with Crippen LogP contribution in [0, 0.1) is 12.8 Å². The molecule has 0 saturated heterocycles. The molecular weight excluding hydrogens is 219 g/mol. The van der Waals surface area contributed by atoms with Crippen LogP contribution in [0.3, 0.4) is 0 Å². The summed E-state index contributed by atoms with van der Waals surface area (Å²) in [6.45, 7) is 6.58. The molecule has 0 aliphatic carbocycles. The van der Waals surface area contributed by atoms with Gasteiger partial charge < -0.3 is 5.11 Å². The summed E-state index contributed by atoms with van der Waals surface area (Å²) >= 11 is 0. The Morgan fingerprint density at radius 3 is 2.53 bits per heavy atom. The van der Waals surface area contributed by atoms with Crippen LogP contribution in [-0.2, 0) is 16.9 Å². The molecule has 0 aromatic heterocycles. The molecule has 0 fully saturated rings. The van der Waals surface area contributed by atoms with E-state index in [1.807, 2.05) is 13.0 Å². The van der Waals surface area contributed by atoms with Gasteiger partial charge in [0, 0.05) is 0 Å². The van der Waals surface area contributed by atoms with E-state index >= 15 is 0 Å². The van der Waals surface area contributed by atoms with Crippen LogP contribution >= 0.6 is 0 Å². The van der Waals surface area contributed by atoms with E-state index < -0.39 is 17.6 Å². The average Bonchev–Trinajstić information content (AvgIpc) is 2.19. The Balaban J connectivity index is 3.03. The number of benzene rings is 1. The van der Waals surface area contributed by atoms with Crippen LogP contribution in [0.5, 0.6) is 0 Å². The molecule has 17 heavy (non-hydrogen) atoms. The lowest BCUT2D eigenvalue weighted by molar-refractivity contribution is -0.141. The highest BCUT2D eigenvalue weighted by Gasteiger charge is 2.20. The van der Waals surface area contributed by atoms with E-state index in [1.165, 1.54) is 13.8 Å². The van der Waals surface area contributed by atoms with Crippen molar-refractivity contribution < 1.29 is 14.3 Å². The van der Waals surface area contributed by atoms with Crippen molar-refractivity contribution in [3.05, 3.63) is 34.9 Å². The third-order valence-corrected chi connectivity index (χ3v) is 2.98. The third-order valence-electron chi connectivity index (χ3n) is 2.98. The highest BCUT2D eigenvalue weighted by molar-refractivity contribution is 5.70. The van der Waals surface area contributed by atoms with Crippen molar-refractivity contribution in [3.8, 4) is 0 Å². The van der Waals surface area contributed by atoms with Crippen molar-refractivity contribution in [2.24, 2.45) is 5.92 Å². The number of alkyl halides is 1. The van der Waals surface area contributed by atoms with Gasteiger partial charge in [0.15, 0.2) is 0 Å². The normalized spacial score (nSPS) is 13.5. The van der Waals surface area contributed by atoms with Crippen LogP contribution in [0.15, 0.2) is 18.2 Å². The van der Waals surface area contributed by atoms with Gasteiger partial charge in [-0.25, -0.2) is 4.39 Å². The fourth-order valence-corrected chi connectivity index (χ4v) is 1.68. The smallest absolute Gasteiger partial charge is 0.306 e. The second-order valence-corrected chi connectivity index (χ2v) is 5.06. The molecule has 1 aromatic carbocycles. The predicted molar refractivity (Wildman–Crippen MR) is 65.8 cm³/mol. The van der Waals surface area contributed by atoms with Crippen molar-refractivity contribution in [1.82, 2.24) is 0 Å². The first-order valence-corrected chi connectivity index (χ1v) is 5.73. The Hall–Kier alpha value is -1.38. The van der Waals surface area contributed by atoms with Crippen molar-refractivity contribution in [2.75, 3.05) is 0 Å². The molecule has 2 nitrogen and oxygen atoms in total. The lowest BCUT2D eigenvalue weighted by Gasteiger charge is -2.18. The van der Waals surface area contributed by atoms with Crippen LogP contribution in [0.1, 0.15) is 37.5 Å². The maximum Gasteiger partial charge on any atom is 0.306 e. The molecule has 94 valence electrons. The van der Waals surface area contributed by atoms with Gasteiger partial charge in [0.1, 0.15) is 5.67 Å². The zero-order valence-corrected chi connectivity index (χ0v) is 10.7. The fourth-order valence-electron chi connectivity index (χ4n) is 1.68. The molecule has 0 spiro atoms. The minimum absolute atomic E-state index is 0.436. The Morgan fingerprint density at radius 2 is 2.06 bits per heavy atom. The lowest BCUT2D eigenvalue weighted by atomic mass is 9.91. The molecule has 1 N–H and O–H groups in total. The Labute approximate surface area is 101 Å². The first-order chi connectivity index (χ1) is 7.71. The van der Waals surface area contributed by atoms with E-state index in [0.717, 1.165) is 11.1 Å². The van der Waals surface area contributed by atoms with Gasteiger partial charge in [-0.1, -0.05) is 25.1 Å². The Bertz CT molecular complexity index is 419. The van der Waals surface area contributed by atoms with Gasteiger partial charge in [0.25, 0.3) is 0 Å². The third kappa shape index (κ3) is 3.55. The van der Waals surface area contributed by atoms with E-state index in [4.69, 9.17) is 5.11 Å². The molecule has 3 heteroatoms. The average molecular weight is 238 g/mol. The number of hydrogen-bond donors (Lipinski definition) is 1. The second kappa shape index (κ2) is 4.86. The highest BCUT2D eigenvalue weighted by Crippen LogP contribution is 2.27. The minimum Gasteiger partial charge on any atom is -0.481 e. The number of aliphatic carboxylic acids is 1. The summed E-state index contributed by atoms with van der Waals surface area (Å²) in [5.41, 5.74) is 1.11. The number of aryl methyl sites for hydroxylation is 1. The molecule has 0 aliphatic heterocycles. The number of halogens is 1. The van der Waals surface area contributed by atoms with Crippen LogP contribution in [0.25, 0.3) is 0 Å². The number of rotatable bonds is 4. The number of hydrogen-bond acceptors (Lipinski definition) is 1. The molecule has 1 rings (SSSR count). The van der Waals surface area contributed by atoms with E-state index in [-0.39, 0.29) is 0 Å². The summed E-state index contributed by atoms with van der Waals surface area (Å²) in [4.78, 5) is 10.8. The Morgan fingerprint density at radius 1 is 1.47 bits per heavy atom. The van der Waals surface area contributed by atoms with Crippen molar-refractivity contribution in [1.29, 1.82) is 0 Å². The highest BCUT2D eigenvalue weighted by atomic mass is 19.1. The van der Waals surface area contributed by atoms with E-state index in [1.54, 1.807) is 19.1 Å². The van der Waals surface area contributed by atoms with Crippen LogP contribution in [0.2, 0.25) is 0 Å². The molecule has 1 unspecified atom stereocenters. The van der Waals surface area contributed by atoms with Gasteiger partial charge in [-0.15, -0.1) is 0 Å². The molecule has 0 radical (unpaired) electrons. The van der Waals surface area contributed by atoms with Crippen molar-refractivity contribution in [2.45, 2.75) is 39.8 Å². The molecular formula is C14H19FO2. The van der Waals surface area contributed by atoms with Gasteiger partial charge in [0.2, 0.25) is 0 Å². The van der Waals surface area contributed by atoms with Crippen molar-refractivity contribution >= 4 is 5.97 Å². The second-order valence-electron chi connectivity index (χ2n) is 5.06. The van der Waals surface area contributed by atoms with Gasteiger partial charge >= 0.3 is 5.97 Å². The molecule has 0 aliphatic rings. The lowest BCUT2D eigenvalue weighted by Crippen LogP contribution is -2.15. The maximum atomic E-state index is 13.8. The molecule has 0 saturated carbocycles. The quantitative estimate of drug-likeness (QED) is 0.872. The standard InChI is InChI=1S/C14H19FO2/c1-9-5-6-12(14(3,4)15)8-11(9)7-10(2)13(16)17/h5-6,8,10H,7H2,1-4H3,(H,16,17). The summed E-state index contributed by atoms with van der Waals surface area (Å²) < 4.78 is 13.8. The van der Waals surface area contributed by atoms with Crippen LogP contribution < -0.4 is 0 Å². The maximum absolute atomic E-state index is 13.8. The summed E-state index contributed by atoms with van der Waals surface area (Å²) in [5.74, 6) is -1.28. The summed E-state index contributed by atoms with van der Waals surface area (Å²) in [6, 6.07) is 5.37. The topological polar surface area (TPSA) is 37.3 Å². The summed E-state index contributed by atoms with van der Waals surface area (Å²) in [6.07, 6.45) is 0.436. The zero-order valence-electron chi connectivity index (χ0n) is 10.7. The number of carbonyl (C=O) groups is 1. The minimum atomic E-state index is -1.39. The van der Waals surface area contributed by atoms with E-state index in [2.05, 4.69) is 0 Å². The molecule has 0 heterocycles. The Kier molecular flexibility index (Phi) is 3.91. The SMILES string of the molecule is Cc1ccc(C(C)(C)F)cc1CC(C)C(=O)O. The van der Waals surface area contributed by atoms with Gasteiger partial charge in [0.05, 0.1) is 5.92 Å². The monoisotopic (exact) mass is 238 g/mol. The van der Waals surface area contributed by atoms with Gasteiger partial charge in [-0.3, -0.25) is 4.79 Å². The molecule has 0 amide bonds. The van der Waals surface area contributed by atoms with Crippen LogP contribution in [-0.4, -0.2) is 11.1 Å². The van der Waals surface area contributed by atoms with E-state index in [0.29, 0.717) is 12.0 Å². The van der Waals surface area contributed by atoms with Gasteiger partial charge in [-0.05, 0) is 43.9 Å². The predicted octanol–water partition coefficient (Wildman–Crippen LogP) is 3.46. The number of carboxylic acid groups (broad SMARTS) is 1. The molecule has 0 bridgehead atoms. The molecule has 1 aromatic rings. The van der Waals surface area contributed by atoms with Crippen molar-refractivity contribution in [3.63, 3.8) is 0 Å². The summed E-state index contributed by atoms with van der Waals surface area (Å²) in [5, 5.41) is 8.89. The van der Waals surface area contributed by atoms with E-state index in [9.17, 15) is 9.18 Å². The first-order valence-electron chi connectivity index (χ1n) is 5.73. The molecule has 1 atom stereocenters. The zero-order chi connectivity index (χ0) is 13.2. The number of carboxylic acids is 1. The first kappa shape index (κ1) is 13.7. The summed E-state index contributed by atoms with van der Waals surface area (Å²) in [7, 11) is 0. The van der Waals surface area contributed by atoms with Crippen LogP contribution in [0.4, 0.5) is 4.39 Å². The fraction of sp³-hybridized carbons (Fsp3) is 0.500. The van der Waals surface area contributed by atoms with Gasteiger partial charge in [-0.2, -0.15) is 0 Å².